The Morgan fingerprint density at radius 2 is 1.80 bits per heavy atom. The van der Waals surface area contributed by atoms with Crippen molar-refractivity contribution in [3.63, 3.8) is 0 Å². The van der Waals surface area contributed by atoms with E-state index in [2.05, 4.69) is 34.3 Å². The Bertz CT molecular complexity index is 415. The van der Waals surface area contributed by atoms with Gasteiger partial charge in [0, 0.05) is 12.6 Å². The summed E-state index contributed by atoms with van der Waals surface area (Å²) in [4.78, 5) is 4.60. The molecular formula is C15H27N5. The van der Waals surface area contributed by atoms with Gasteiger partial charge in [-0.15, -0.1) is 5.10 Å². The van der Waals surface area contributed by atoms with E-state index in [1.54, 1.807) is 0 Å². The van der Waals surface area contributed by atoms with Gasteiger partial charge in [0.05, 0.1) is 11.4 Å². The zero-order valence-corrected chi connectivity index (χ0v) is 12.7. The molecule has 0 bridgehead atoms. The maximum absolute atomic E-state index is 5.94. The fourth-order valence-corrected chi connectivity index (χ4v) is 3.07. The lowest BCUT2D eigenvalue weighted by Gasteiger charge is -2.30. The average molecular weight is 277 g/mol. The molecule has 0 saturated heterocycles. The topological polar surface area (TPSA) is 76.7 Å². The van der Waals surface area contributed by atoms with Crippen molar-refractivity contribution < 1.29 is 0 Å². The predicted octanol–water partition coefficient (Wildman–Crippen LogP) is 2.32. The molecule has 1 atom stereocenters. The van der Waals surface area contributed by atoms with Crippen LogP contribution in [0.25, 0.3) is 0 Å². The Labute approximate surface area is 121 Å². The highest BCUT2D eigenvalue weighted by Crippen LogP contribution is 2.27. The summed E-state index contributed by atoms with van der Waals surface area (Å²) in [5.74, 6) is 1.29. The first-order valence-corrected chi connectivity index (χ1v) is 7.97. The quantitative estimate of drug-likeness (QED) is 0.834. The Kier molecular flexibility index (Phi) is 5.71. The van der Waals surface area contributed by atoms with E-state index >= 15 is 0 Å². The van der Waals surface area contributed by atoms with Crippen LogP contribution < -0.4 is 11.1 Å². The van der Waals surface area contributed by atoms with E-state index in [1.807, 2.05) is 0 Å². The highest BCUT2D eigenvalue weighted by Gasteiger charge is 2.23. The first-order chi connectivity index (χ1) is 9.78. The summed E-state index contributed by atoms with van der Waals surface area (Å²) in [5.41, 5.74) is 7.99. The molecule has 1 unspecified atom stereocenters. The standard InChI is InChI=1S/C15H27N5/c1-3-12-13(4-2)19-20-15(17-12)18-14(10-16)11-8-6-5-7-9-11/h11,14H,3-10,16H2,1-2H3,(H,17,18,20). The number of aromatic nitrogens is 3. The maximum Gasteiger partial charge on any atom is 0.243 e. The second-order valence-corrected chi connectivity index (χ2v) is 5.62. The minimum absolute atomic E-state index is 0.272. The average Bonchev–Trinajstić information content (AvgIpc) is 2.53. The van der Waals surface area contributed by atoms with Crippen molar-refractivity contribution in [3.8, 4) is 0 Å². The summed E-state index contributed by atoms with van der Waals surface area (Å²) >= 11 is 0. The van der Waals surface area contributed by atoms with Crippen LogP contribution in [0.5, 0.6) is 0 Å². The van der Waals surface area contributed by atoms with Gasteiger partial charge >= 0.3 is 0 Å². The zero-order chi connectivity index (χ0) is 14.4. The molecule has 1 aliphatic rings. The van der Waals surface area contributed by atoms with Gasteiger partial charge < -0.3 is 11.1 Å². The van der Waals surface area contributed by atoms with E-state index in [4.69, 9.17) is 5.73 Å². The van der Waals surface area contributed by atoms with Crippen molar-refractivity contribution >= 4 is 5.95 Å². The van der Waals surface area contributed by atoms with Crippen LogP contribution in [-0.2, 0) is 12.8 Å². The minimum Gasteiger partial charge on any atom is -0.349 e. The van der Waals surface area contributed by atoms with E-state index in [0.717, 1.165) is 24.2 Å². The minimum atomic E-state index is 0.272. The van der Waals surface area contributed by atoms with E-state index in [1.165, 1.54) is 32.1 Å². The van der Waals surface area contributed by atoms with Crippen molar-refractivity contribution in [2.24, 2.45) is 11.7 Å². The molecule has 0 aromatic carbocycles. The van der Waals surface area contributed by atoms with Gasteiger partial charge in [0.2, 0.25) is 5.95 Å². The van der Waals surface area contributed by atoms with Crippen LogP contribution in [0.4, 0.5) is 5.95 Å². The Morgan fingerprint density at radius 3 is 2.40 bits per heavy atom. The smallest absolute Gasteiger partial charge is 0.243 e. The molecule has 0 spiro atoms. The van der Waals surface area contributed by atoms with Crippen molar-refractivity contribution in [1.29, 1.82) is 0 Å². The van der Waals surface area contributed by atoms with Crippen LogP contribution in [0.15, 0.2) is 0 Å². The first kappa shape index (κ1) is 15.2. The summed E-state index contributed by atoms with van der Waals surface area (Å²) in [5, 5.41) is 11.9. The lowest BCUT2D eigenvalue weighted by molar-refractivity contribution is 0.319. The second-order valence-electron chi connectivity index (χ2n) is 5.62. The highest BCUT2D eigenvalue weighted by atomic mass is 15.3. The lowest BCUT2D eigenvalue weighted by atomic mass is 9.84. The number of aryl methyl sites for hydroxylation is 2. The van der Waals surface area contributed by atoms with Gasteiger partial charge in [-0.3, -0.25) is 0 Å². The normalized spacial score (nSPS) is 17.9. The van der Waals surface area contributed by atoms with Crippen LogP contribution in [0, 0.1) is 5.92 Å². The fraction of sp³-hybridized carbons (Fsp3) is 0.800. The second kappa shape index (κ2) is 7.53. The number of nitrogens with one attached hydrogen (secondary N) is 1. The van der Waals surface area contributed by atoms with Gasteiger partial charge in [-0.05, 0) is 31.6 Å². The molecule has 3 N–H and O–H groups in total. The van der Waals surface area contributed by atoms with E-state index in [0.29, 0.717) is 18.4 Å². The summed E-state index contributed by atoms with van der Waals surface area (Å²) < 4.78 is 0. The van der Waals surface area contributed by atoms with Crippen molar-refractivity contribution in [2.75, 3.05) is 11.9 Å². The third-order valence-electron chi connectivity index (χ3n) is 4.30. The maximum atomic E-state index is 5.94. The largest absolute Gasteiger partial charge is 0.349 e. The van der Waals surface area contributed by atoms with E-state index in [9.17, 15) is 0 Å². The molecule has 2 rings (SSSR count). The molecule has 1 saturated carbocycles. The Hall–Kier alpha value is -1.23. The van der Waals surface area contributed by atoms with Gasteiger partial charge in [0.1, 0.15) is 0 Å². The molecule has 5 nitrogen and oxygen atoms in total. The molecule has 1 fully saturated rings. The van der Waals surface area contributed by atoms with Gasteiger partial charge in [-0.1, -0.05) is 33.1 Å². The molecule has 1 heterocycles. The van der Waals surface area contributed by atoms with Gasteiger partial charge in [0.25, 0.3) is 0 Å². The van der Waals surface area contributed by atoms with E-state index < -0.39 is 0 Å². The first-order valence-electron chi connectivity index (χ1n) is 7.97. The van der Waals surface area contributed by atoms with Gasteiger partial charge in [-0.2, -0.15) is 5.10 Å². The monoisotopic (exact) mass is 277 g/mol. The number of rotatable bonds is 6. The lowest BCUT2D eigenvalue weighted by Crippen LogP contribution is -2.38. The summed E-state index contributed by atoms with van der Waals surface area (Å²) in [7, 11) is 0. The summed E-state index contributed by atoms with van der Waals surface area (Å²) in [6.45, 7) is 4.82. The fourth-order valence-electron chi connectivity index (χ4n) is 3.07. The van der Waals surface area contributed by atoms with Crippen LogP contribution in [0.3, 0.4) is 0 Å². The van der Waals surface area contributed by atoms with Crippen molar-refractivity contribution in [3.05, 3.63) is 11.4 Å². The van der Waals surface area contributed by atoms with Crippen LogP contribution in [0.1, 0.15) is 57.3 Å². The third-order valence-corrected chi connectivity index (χ3v) is 4.30. The van der Waals surface area contributed by atoms with Gasteiger partial charge in [0.15, 0.2) is 0 Å². The molecule has 0 amide bonds. The SMILES string of the molecule is CCc1nnc(NC(CN)C2CCCCC2)nc1CC. The highest BCUT2D eigenvalue weighted by molar-refractivity contribution is 5.28. The van der Waals surface area contributed by atoms with Crippen molar-refractivity contribution in [1.82, 2.24) is 15.2 Å². The molecule has 20 heavy (non-hydrogen) atoms. The Morgan fingerprint density at radius 1 is 1.10 bits per heavy atom. The molecule has 5 heteroatoms. The number of anilines is 1. The van der Waals surface area contributed by atoms with E-state index in [-0.39, 0.29) is 6.04 Å². The number of nitrogens with two attached hydrogens (primary N) is 1. The number of hydrogen-bond acceptors (Lipinski definition) is 5. The Balaban J connectivity index is 2.06. The van der Waals surface area contributed by atoms with Gasteiger partial charge in [-0.25, -0.2) is 4.98 Å². The van der Waals surface area contributed by atoms with Crippen LogP contribution in [0.2, 0.25) is 0 Å². The summed E-state index contributed by atoms with van der Waals surface area (Å²) in [6, 6.07) is 0.272. The summed E-state index contributed by atoms with van der Waals surface area (Å²) in [6.07, 6.45) is 8.29. The molecule has 1 aromatic rings. The third kappa shape index (κ3) is 3.66. The molecule has 0 radical (unpaired) electrons. The number of hydrogen-bond donors (Lipinski definition) is 2. The predicted molar refractivity (Wildman–Crippen MR) is 81.6 cm³/mol. The number of nitrogens with zero attached hydrogens (tertiary/aromatic N) is 3. The molecule has 1 aliphatic carbocycles. The molecular weight excluding hydrogens is 250 g/mol. The van der Waals surface area contributed by atoms with Crippen LogP contribution in [-0.4, -0.2) is 27.8 Å². The molecule has 0 aliphatic heterocycles. The van der Waals surface area contributed by atoms with Crippen molar-refractivity contribution in [2.45, 2.75) is 64.8 Å². The van der Waals surface area contributed by atoms with Crippen LogP contribution >= 0.6 is 0 Å². The molecule has 112 valence electrons. The zero-order valence-electron chi connectivity index (χ0n) is 12.7. The molecule has 1 aromatic heterocycles.